The quantitative estimate of drug-likeness (QED) is 0.571. The van der Waals surface area contributed by atoms with Gasteiger partial charge in [-0.05, 0) is 42.8 Å². The monoisotopic (exact) mass is 320 g/mol. The van der Waals surface area contributed by atoms with Gasteiger partial charge in [-0.2, -0.15) is 4.21 Å². The van der Waals surface area contributed by atoms with Gasteiger partial charge in [0.2, 0.25) is 0 Å². The van der Waals surface area contributed by atoms with Crippen LogP contribution in [0.15, 0.2) is 36.4 Å². The van der Waals surface area contributed by atoms with Crippen molar-refractivity contribution in [3.8, 4) is 16.3 Å². The van der Waals surface area contributed by atoms with Crippen molar-refractivity contribution >= 4 is 38.6 Å². The number of aromatic nitrogens is 1. The second-order valence-corrected chi connectivity index (χ2v) is 6.10. The number of thiazole rings is 1. The minimum absolute atomic E-state index is 0.396. The molecule has 0 radical (unpaired) electrons. The van der Waals surface area contributed by atoms with Crippen LogP contribution in [-0.4, -0.2) is 13.7 Å². The van der Waals surface area contributed by atoms with Crippen LogP contribution in [0.5, 0.6) is 5.75 Å². The highest BCUT2D eigenvalue weighted by molar-refractivity contribution is 7.74. The van der Waals surface area contributed by atoms with Crippen molar-refractivity contribution in [2.75, 3.05) is 5.73 Å². The first kappa shape index (κ1) is 14.0. The molecule has 1 atom stereocenters. The standard InChI is InChI=1S/C14H12N2O3S2/c1-8-2-7-11-13(12(8)19-21(17)18)20-14(16-11)9-3-5-10(15)6-4-9/h2-7H,15H2,1H3,(H,17,18). The summed E-state index contributed by atoms with van der Waals surface area (Å²) in [6.07, 6.45) is 0. The van der Waals surface area contributed by atoms with Gasteiger partial charge in [-0.3, -0.25) is 4.55 Å². The molecule has 7 heteroatoms. The van der Waals surface area contributed by atoms with Crippen molar-refractivity contribution in [3.63, 3.8) is 0 Å². The summed E-state index contributed by atoms with van der Waals surface area (Å²) in [7, 11) is 0. The van der Waals surface area contributed by atoms with E-state index in [1.807, 2.05) is 43.3 Å². The molecule has 3 aromatic rings. The number of rotatable bonds is 3. The smallest absolute Gasteiger partial charge is 0.357 e. The Labute approximate surface area is 127 Å². The molecule has 0 spiro atoms. The molecule has 5 nitrogen and oxygen atoms in total. The minimum atomic E-state index is -2.36. The molecule has 0 amide bonds. The lowest BCUT2D eigenvalue weighted by molar-refractivity contribution is 0.459. The van der Waals surface area contributed by atoms with Gasteiger partial charge in [0.15, 0.2) is 5.75 Å². The van der Waals surface area contributed by atoms with E-state index < -0.39 is 11.4 Å². The van der Waals surface area contributed by atoms with Crippen molar-refractivity contribution in [1.29, 1.82) is 0 Å². The maximum absolute atomic E-state index is 10.9. The van der Waals surface area contributed by atoms with Crippen LogP contribution < -0.4 is 9.92 Å². The lowest BCUT2D eigenvalue weighted by Crippen LogP contribution is -1.99. The van der Waals surface area contributed by atoms with Crippen LogP contribution in [0, 0.1) is 6.92 Å². The number of aryl methyl sites for hydroxylation is 1. The second kappa shape index (κ2) is 5.44. The Morgan fingerprint density at radius 1 is 1.24 bits per heavy atom. The summed E-state index contributed by atoms with van der Waals surface area (Å²) < 4.78 is 25.7. The molecule has 0 saturated carbocycles. The molecule has 1 heterocycles. The van der Waals surface area contributed by atoms with E-state index >= 15 is 0 Å². The SMILES string of the molecule is Cc1ccc2nc(-c3ccc(N)cc3)sc2c1OS(=O)O. The third kappa shape index (κ3) is 2.76. The van der Waals surface area contributed by atoms with Gasteiger partial charge in [0, 0.05) is 11.3 Å². The summed E-state index contributed by atoms with van der Waals surface area (Å²) in [6, 6.07) is 11.1. The molecule has 3 N–H and O–H groups in total. The molecular weight excluding hydrogens is 308 g/mol. The van der Waals surface area contributed by atoms with Crippen molar-refractivity contribution in [2.24, 2.45) is 0 Å². The Balaban J connectivity index is 2.15. The maximum atomic E-state index is 10.9. The summed E-state index contributed by atoms with van der Waals surface area (Å²) in [4.78, 5) is 4.54. The molecule has 0 aliphatic heterocycles. The van der Waals surface area contributed by atoms with Crippen molar-refractivity contribution in [3.05, 3.63) is 42.0 Å². The molecular formula is C14H12N2O3S2. The Morgan fingerprint density at radius 3 is 2.62 bits per heavy atom. The Hall–Kier alpha value is -1.96. The average Bonchev–Trinajstić information content (AvgIpc) is 2.87. The molecule has 0 saturated heterocycles. The van der Waals surface area contributed by atoms with Crippen LogP contribution in [0.3, 0.4) is 0 Å². The van der Waals surface area contributed by atoms with E-state index in [4.69, 9.17) is 14.5 Å². The number of nitrogens with zero attached hydrogens (tertiary/aromatic N) is 1. The second-order valence-electron chi connectivity index (χ2n) is 4.50. The van der Waals surface area contributed by atoms with Crippen LogP contribution in [0.4, 0.5) is 5.69 Å². The van der Waals surface area contributed by atoms with Gasteiger partial charge in [0.1, 0.15) is 5.01 Å². The molecule has 1 unspecified atom stereocenters. The summed E-state index contributed by atoms with van der Waals surface area (Å²) in [5.74, 6) is 0.396. The third-order valence-electron chi connectivity index (χ3n) is 3.02. The fourth-order valence-electron chi connectivity index (χ4n) is 1.99. The predicted molar refractivity (Wildman–Crippen MR) is 85.6 cm³/mol. The average molecular weight is 320 g/mol. The van der Waals surface area contributed by atoms with Crippen molar-refractivity contribution < 1.29 is 12.9 Å². The van der Waals surface area contributed by atoms with Gasteiger partial charge in [-0.25, -0.2) is 4.98 Å². The number of fused-ring (bicyclic) bond motifs is 1. The van der Waals surface area contributed by atoms with Crippen LogP contribution in [0.1, 0.15) is 5.56 Å². The number of nitrogen functional groups attached to an aromatic ring is 1. The molecule has 2 aromatic carbocycles. The van der Waals surface area contributed by atoms with E-state index in [-0.39, 0.29) is 0 Å². The van der Waals surface area contributed by atoms with E-state index in [1.54, 1.807) is 0 Å². The van der Waals surface area contributed by atoms with Gasteiger partial charge >= 0.3 is 11.4 Å². The Kier molecular flexibility index (Phi) is 3.62. The number of nitrogens with two attached hydrogens (primary N) is 1. The van der Waals surface area contributed by atoms with Crippen LogP contribution in [-0.2, 0) is 11.4 Å². The van der Waals surface area contributed by atoms with E-state index in [0.717, 1.165) is 26.4 Å². The number of anilines is 1. The zero-order valence-corrected chi connectivity index (χ0v) is 12.7. The predicted octanol–water partition coefficient (Wildman–Crippen LogP) is 3.37. The first-order chi connectivity index (χ1) is 10.0. The summed E-state index contributed by atoms with van der Waals surface area (Å²) in [6.45, 7) is 1.82. The minimum Gasteiger partial charge on any atom is -0.399 e. The molecule has 0 bridgehead atoms. The van der Waals surface area contributed by atoms with Gasteiger partial charge < -0.3 is 9.92 Å². The fraction of sp³-hybridized carbons (Fsp3) is 0.0714. The summed E-state index contributed by atoms with van der Waals surface area (Å²) >= 11 is -0.942. The van der Waals surface area contributed by atoms with E-state index in [1.165, 1.54) is 11.3 Å². The zero-order chi connectivity index (χ0) is 15.0. The largest absolute Gasteiger partial charge is 0.399 e. The lowest BCUT2D eigenvalue weighted by Gasteiger charge is -2.04. The van der Waals surface area contributed by atoms with Gasteiger partial charge in [-0.15, -0.1) is 11.3 Å². The first-order valence-electron chi connectivity index (χ1n) is 6.10. The highest BCUT2D eigenvalue weighted by Gasteiger charge is 2.14. The highest BCUT2D eigenvalue weighted by atomic mass is 32.2. The van der Waals surface area contributed by atoms with Gasteiger partial charge in [-0.1, -0.05) is 6.07 Å². The van der Waals surface area contributed by atoms with Crippen LogP contribution in [0.2, 0.25) is 0 Å². The molecule has 1 aromatic heterocycles. The topological polar surface area (TPSA) is 85.4 Å². The number of hydrogen-bond acceptors (Lipinski definition) is 5. The fourth-order valence-corrected chi connectivity index (χ4v) is 3.51. The molecule has 108 valence electrons. The molecule has 3 rings (SSSR count). The Morgan fingerprint density at radius 2 is 1.95 bits per heavy atom. The van der Waals surface area contributed by atoms with Crippen LogP contribution >= 0.6 is 11.3 Å². The van der Waals surface area contributed by atoms with E-state index in [0.29, 0.717) is 11.4 Å². The number of hydrogen-bond donors (Lipinski definition) is 2. The van der Waals surface area contributed by atoms with Crippen molar-refractivity contribution in [1.82, 2.24) is 4.98 Å². The van der Waals surface area contributed by atoms with Crippen LogP contribution in [0.25, 0.3) is 20.8 Å². The third-order valence-corrected chi connectivity index (χ3v) is 4.45. The Bertz CT molecular complexity index is 828. The normalized spacial score (nSPS) is 12.5. The first-order valence-corrected chi connectivity index (χ1v) is 7.94. The molecule has 0 aliphatic rings. The molecule has 21 heavy (non-hydrogen) atoms. The van der Waals surface area contributed by atoms with Gasteiger partial charge in [0.05, 0.1) is 10.2 Å². The zero-order valence-electron chi connectivity index (χ0n) is 11.1. The summed E-state index contributed by atoms with van der Waals surface area (Å²) in [5.41, 5.74) is 8.84. The number of benzene rings is 2. The maximum Gasteiger partial charge on any atom is 0.357 e. The van der Waals surface area contributed by atoms with E-state index in [2.05, 4.69) is 4.98 Å². The highest BCUT2D eigenvalue weighted by Crippen LogP contribution is 2.38. The molecule has 0 aliphatic carbocycles. The summed E-state index contributed by atoms with van der Waals surface area (Å²) in [5, 5.41) is 0.809. The van der Waals surface area contributed by atoms with E-state index in [9.17, 15) is 4.21 Å². The molecule has 0 fully saturated rings. The van der Waals surface area contributed by atoms with Crippen molar-refractivity contribution in [2.45, 2.75) is 6.92 Å². The van der Waals surface area contributed by atoms with Gasteiger partial charge in [0.25, 0.3) is 0 Å². The lowest BCUT2D eigenvalue weighted by atomic mass is 10.2.